The number of piperidine rings is 1. The maximum absolute atomic E-state index is 14.5. The minimum atomic E-state index is -1.22. The van der Waals surface area contributed by atoms with Crippen molar-refractivity contribution in [1.29, 1.82) is 0 Å². The van der Waals surface area contributed by atoms with Gasteiger partial charge >= 0.3 is 6.09 Å². The van der Waals surface area contributed by atoms with E-state index < -0.39 is 33.0 Å². The van der Waals surface area contributed by atoms with Crippen molar-refractivity contribution in [1.82, 2.24) is 4.90 Å². The summed E-state index contributed by atoms with van der Waals surface area (Å²) in [7, 11) is -1.20. The number of benzene rings is 2. The third kappa shape index (κ3) is 6.13. The normalized spacial score (nSPS) is 23.4. The Balaban J connectivity index is 1.49. The number of carbonyl (C=O) groups is 1. The van der Waals surface area contributed by atoms with Gasteiger partial charge in [-0.2, -0.15) is 0 Å². The highest BCUT2D eigenvalue weighted by Gasteiger charge is 2.46. The first-order valence-electron chi connectivity index (χ1n) is 12.5. The molecular formula is C28H34F3NO3S. The van der Waals surface area contributed by atoms with E-state index in [0.29, 0.717) is 24.7 Å². The van der Waals surface area contributed by atoms with Gasteiger partial charge in [0.25, 0.3) is 0 Å². The molecule has 2 heterocycles. The van der Waals surface area contributed by atoms with E-state index in [4.69, 9.17) is 4.74 Å². The molecule has 8 heteroatoms. The molecule has 1 amide bonds. The molecule has 0 spiro atoms. The Bertz CT molecular complexity index is 1090. The van der Waals surface area contributed by atoms with Gasteiger partial charge in [0.05, 0.1) is 0 Å². The van der Waals surface area contributed by atoms with Crippen LogP contribution in [0.5, 0.6) is 0 Å². The van der Waals surface area contributed by atoms with Gasteiger partial charge in [-0.05, 0) is 81.9 Å². The third-order valence-electron chi connectivity index (χ3n) is 7.47. The van der Waals surface area contributed by atoms with Gasteiger partial charge in [0.1, 0.15) is 12.4 Å². The number of halogens is 3. The van der Waals surface area contributed by atoms with Crippen LogP contribution in [0.2, 0.25) is 0 Å². The summed E-state index contributed by atoms with van der Waals surface area (Å²) < 4.78 is 60.2. The van der Waals surface area contributed by atoms with Crippen molar-refractivity contribution in [3.63, 3.8) is 0 Å². The monoisotopic (exact) mass is 521 g/mol. The minimum absolute atomic E-state index is 0.00241. The van der Waals surface area contributed by atoms with Gasteiger partial charge in [-0.25, -0.2) is 18.0 Å². The van der Waals surface area contributed by atoms with E-state index in [1.165, 1.54) is 0 Å². The lowest BCUT2D eigenvalue weighted by Crippen LogP contribution is -2.48. The Morgan fingerprint density at radius 2 is 1.64 bits per heavy atom. The van der Waals surface area contributed by atoms with Crippen molar-refractivity contribution < 1.29 is 26.9 Å². The standard InChI is InChI=1S/C28H34F3NO3S/c1-28(2,3)36(34)17-21(11-20-14-25(30)26(31)15-24(20)29)19-12-22-9-10-23(13-19)32(22)27(33)35-16-18-7-5-4-6-8-18/h4-8,14-15,19,21-23H,9-13,16-17H2,1-3H3/t19?,21-,22-,23+,36-/m1/s1. The van der Waals surface area contributed by atoms with E-state index >= 15 is 0 Å². The molecule has 0 N–H and O–H groups in total. The topological polar surface area (TPSA) is 46.6 Å². The highest BCUT2D eigenvalue weighted by atomic mass is 32.2. The number of rotatable bonds is 7. The predicted octanol–water partition coefficient (Wildman–Crippen LogP) is 6.39. The van der Waals surface area contributed by atoms with Crippen LogP contribution in [0.3, 0.4) is 0 Å². The second-order valence-corrected chi connectivity index (χ2v) is 13.3. The average molecular weight is 522 g/mol. The van der Waals surface area contributed by atoms with Gasteiger partial charge in [0, 0.05) is 39.4 Å². The molecule has 2 aromatic carbocycles. The summed E-state index contributed by atoms with van der Waals surface area (Å²) in [4.78, 5) is 14.8. The SMILES string of the molecule is CC(C)(C)[S@](=O)C[C@@H](Cc1cc(F)c(F)cc1F)C1C[C@H]2CC[C@@H](C1)N2C(=O)OCc1ccccc1. The maximum atomic E-state index is 14.5. The molecule has 0 saturated carbocycles. The van der Waals surface area contributed by atoms with Crippen LogP contribution >= 0.6 is 0 Å². The Kier molecular flexibility index (Phi) is 8.12. The van der Waals surface area contributed by atoms with E-state index in [0.717, 1.165) is 24.5 Å². The Morgan fingerprint density at radius 3 is 2.25 bits per heavy atom. The lowest BCUT2D eigenvalue weighted by Gasteiger charge is -2.41. The summed E-state index contributed by atoms with van der Waals surface area (Å²) in [6.45, 7) is 5.90. The average Bonchev–Trinajstić information content (AvgIpc) is 3.09. The smallest absolute Gasteiger partial charge is 0.410 e. The van der Waals surface area contributed by atoms with Gasteiger partial charge in [0.15, 0.2) is 11.6 Å². The molecular weight excluding hydrogens is 487 g/mol. The van der Waals surface area contributed by atoms with Crippen molar-refractivity contribution in [3.05, 3.63) is 71.0 Å². The number of nitrogens with zero attached hydrogens (tertiary/aromatic N) is 1. The van der Waals surface area contributed by atoms with Crippen molar-refractivity contribution >= 4 is 16.9 Å². The van der Waals surface area contributed by atoms with Crippen molar-refractivity contribution in [3.8, 4) is 0 Å². The molecule has 2 bridgehead atoms. The Hall–Kier alpha value is -2.35. The highest BCUT2D eigenvalue weighted by molar-refractivity contribution is 7.86. The molecule has 0 aromatic heterocycles. The summed E-state index contributed by atoms with van der Waals surface area (Å²) in [5, 5.41) is 0. The zero-order chi connectivity index (χ0) is 26.0. The molecule has 0 radical (unpaired) electrons. The largest absolute Gasteiger partial charge is 0.445 e. The molecule has 2 aliphatic heterocycles. The summed E-state index contributed by atoms with van der Waals surface area (Å²) >= 11 is 0. The molecule has 0 aliphatic carbocycles. The van der Waals surface area contributed by atoms with E-state index in [-0.39, 0.29) is 48.6 Å². The van der Waals surface area contributed by atoms with Gasteiger partial charge in [-0.15, -0.1) is 0 Å². The fourth-order valence-electron chi connectivity index (χ4n) is 5.50. The molecule has 2 fully saturated rings. The zero-order valence-corrected chi connectivity index (χ0v) is 21.8. The van der Waals surface area contributed by atoms with Crippen LogP contribution in [0.25, 0.3) is 0 Å². The fourth-order valence-corrected chi connectivity index (χ4v) is 6.78. The number of amides is 1. The molecule has 1 unspecified atom stereocenters. The second kappa shape index (κ2) is 11.0. The first-order valence-corrected chi connectivity index (χ1v) is 13.9. The van der Waals surface area contributed by atoms with Crippen LogP contribution < -0.4 is 0 Å². The molecule has 4 nitrogen and oxygen atoms in total. The summed E-state index contributed by atoms with van der Waals surface area (Å²) in [5.41, 5.74) is 1.02. The molecule has 36 heavy (non-hydrogen) atoms. The van der Waals surface area contributed by atoms with Gasteiger partial charge < -0.3 is 9.64 Å². The van der Waals surface area contributed by atoms with Crippen LogP contribution in [0.15, 0.2) is 42.5 Å². The first-order chi connectivity index (χ1) is 17.0. The van der Waals surface area contributed by atoms with Crippen molar-refractivity contribution in [2.75, 3.05) is 5.75 Å². The van der Waals surface area contributed by atoms with E-state index in [1.54, 1.807) is 0 Å². The molecule has 2 aliphatic rings. The van der Waals surface area contributed by atoms with Crippen LogP contribution in [0, 0.1) is 29.3 Å². The summed E-state index contributed by atoms with van der Waals surface area (Å²) in [5.74, 6) is -2.85. The van der Waals surface area contributed by atoms with Crippen molar-refractivity contribution in [2.45, 2.75) is 76.3 Å². The number of hydrogen-bond acceptors (Lipinski definition) is 3. The Labute approximate surface area is 213 Å². The van der Waals surface area contributed by atoms with Crippen molar-refractivity contribution in [2.24, 2.45) is 11.8 Å². The lowest BCUT2D eigenvalue weighted by molar-refractivity contribution is 0.0451. The number of hydrogen-bond donors (Lipinski definition) is 0. The number of ether oxygens (including phenoxy) is 1. The fraction of sp³-hybridized carbons (Fsp3) is 0.536. The Morgan fingerprint density at radius 1 is 1.03 bits per heavy atom. The van der Waals surface area contributed by atoms with Crippen LogP contribution in [-0.2, 0) is 28.6 Å². The van der Waals surface area contributed by atoms with Gasteiger partial charge in [-0.3, -0.25) is 4.21 Å². The van der Waals surface area contributed by atoms with Gasteiger partial charge in [-0.1, -0.05) is 30.3 Å². The molecule has 2 saturated heterocycles. The second-order valence-electron chi connectivity index (χ2n) is 11.0. The van der Waals surface area contributed by atoms with E-state index in [1.807, 2.05) is 56.0 Å². The van der Waals surface area contributed by atoms with Crippen LogP contribution in [0.4, 0.5) is 18.0 Å². The van der Waals surface area contributed by atoms with E-state index in [2.05, 4.69) is 0 Å². The molecule has 4 rings (SSSR count). The quantitative estimate of drug-likeness (QED) is 0.397. The highest BCUT2D eigenvalue weighted by Crippen LogP contribution is 2.43. The summed E-state index contributed by atoms with van der Waals surface area (Å²) in [6, 6.07) is 11.0. The van der Waals surface area contributed by atoms with Crippen LogP contribution in [-0.4, -0.2) is 37.8 Å². The first kappa shape index (κ1) is 26.7. The molecule has 2 aromatic rings. The van der Waals surface area contributed by atoms with E-state index in [9.17, 15) is 22.2 Å². The van der Waals surface area contributed by atoms with Crippen LogP contribution in [0.1, 0.15) is 57.6 Å². The molecule has 196 valence electrons. The number of carbonyl (C=O) groups excluding carboxylic acids is 1. The number of fused-ring (bicyclic) bond motifs is 2. The molecule has 5 atom stereocenters. The third-order valence-corrected chi connectivity index (χ3v) is 9.57. The van der Waals surface area contributed by atoms with Gasteiger partial charge in [0.2, 0.25) is 0 Å². The lowest BCUT2D eigenvalue weighted by atomic mass is 9.79. The summed E-state index contributed by atoms with van der Waals surface area (Å²) in [6.07, 6.45) is 2.94. The maximum Gasteiger partial charge on any atom is 0.410 e. The predicted molar refractivity (Wildman–Crippen MR) is 134 cm³/mol. The minimum Gasteiger partial charge on any atom is -0.445 e. The zero-order valence-electron chi connectivity index (χ0n) is 21.0.